The Morgan fingerprint density at radius 2 is 1.08 bits per heavy atom. The predicted molar refractivity (Wildman–Crippen MR) is 262 cm³/mol. The number of halogens is 1. The summed E-state index contributed by atoms with van der Waals surface area (Å²) in [5, 5.41) is 42.0. The monoisotopic (exact) mass is 948 g/mol. The molecule has 6 aromatic carbocycles. The van der Waals surface area contributed by atoms with E-state index in [9.17, 15) is 24.9 Å². The van der Waals surface area contributed by atoms with Crippen LogP contribution in [0.15, 0.2) is 146 Å². The van der Waals surface area contributed by atoms with Crippen LogP contribution in [0.3, 0.4) is 0 Å². The fourth-order valence-electron chi connectivity index (χ4n) is 6.51. The van der Waals surface area contributed by atoms with Crippen molar-refractivity contribution in [3.63, 3.8) is 0 Å². The van der Waals surface area contributed by atoms with Gasteiger partial charge < -0.3 is 50.8 Å². The molecule has 0 fully saturated rings. The summed E-state index contributed by atoms with van der Waals surface area (Å²) in [4.78, 5) is 21.2. The van der Waals surface area contributed by atoms with Gasteiger partial charge in [0, 0.05) is 30.5 Å². The second kappa shape index (κ2) is 28.5. The van der Waals surface area contributed by atoms with Crippen molar-refractivity contribution in [1.82, 2.24) is 10.6 Å². The molecular formula is C52H61BrN4O8. The number of aliphatic hydroxyl groups is 2. The fourth-order valence-corrected chi connectivity index (χ4v) is 6.89. The maximum Gasteiger partial charge on any atom is 0.211 e. The highest BCUT2D eigenvalue weighted by atomic mass is 79.9. The average molecular weight is 950 g/mol. The summed E-state index contributed by atoms with van der Waals surface area (Å²) in [7, 11) is 3.33. The molecule has 4 atom stereocenters. The average Bonchev–Trinajstić information content (AvgIpc) is 3.34. The van der Waals surface area contributed by atoms with Crippen molar-refractivity contribution in [2.45, 2.75) is 64.1 Å². The van der Waals surface area contributed by atoms with Crippen molar-refractivity contribution in [2.75, 3.05) is 36.7 Å². The molecule has 0 aliphatic carbocycles. The molecule has 2 amide bonds. The van der Waals surface area contributed by atoms with Gasteiger partial charge in [-0.15, -0.1) is 0 Å². The van der Waals surface area contributed by atoms with Crippen LogP contribution in [0.25, 0.3) is 0 Å². The number of phenolic OH excluding ortho intramolecular Hbond substituents is 1. The van der Waals surface area contributed by atoms with E-state index in [0.29, 0.717) is 59.9 Å². The third-order valence-corrected chi connectivity index (χ3v) is 10.8. The molecule has 13 heteroatoms. The number of hydrogen-bond acceptors (Lipinski definition) is 10. The molecule has 344 valence electrons. The standard InChI is InChI=1S/C19H24N2O4.C17H21NO.C16H16BrNO3/c1-13(9-14-3-6-16(25-2)7-4-14)20-11-19(24)15-5-8-18(23)17(10-15)21-12-22;1-14(18-13-16-6-4-3-5-7-16)12-15-8-10-17(19-2)11-9-15;17-9-15(20)13-6-7-16(14(8-13)18-11-19)21-10-12-4-2-1-3-5-12/h3-8,10,12-13,19-20,23-24H,9,11H2,1-2H3,(H,21,22);3-11,14,18H,12-13H2,1-2H3;1-8,11,15,20H,9-10H2,(H,18,19)/t13-,19+;14-;15-/m110/s1. The van der Waals surface area contributed by atoms with E-state index in [1.807, 2.05) is 79.7 Å². The molecule has 0 aliphatic rings. The van der Waals surface area contributed by atoms with E-state index in [4.69, 9.17) is 14.2 Å². The van der Waals surface area contributed by atoms with Crippen LogP contribution in [0.1, 0.15) is 59.4 Å². The van der Waals surface area contributed by atoms with Crippen LogP contribution in [-0.2, 0) is 35.6 Å². The Bertz CT molecular complexity index is 2270. The van der Waals surface area contributed by atoms with Crippen molar-refractivity contribution in [3.8, 4) is 23.0 Å². The number of rotatable bonds is 22. The smallest absolute Gasteiger partial charge is 0.211 e. The molecule has 0 saturated carbocycles. The number of hydrogen-bond donors (Lipinski definition) is 7. The summed E-state index contributed by atoms with van der Waals surface area (Å²) in [5.74, 6) is 2.26. The van der Waals surface area contributed by atoms with E-state index < -0.39 is 12.2 Å². The lowest BCUT2D eigenvalue weighted by atomic mass is 10.1. The zero-order valence-electron chi connectivity index (χ0n) is 37.3. The van der Waals surface area contributed by atoms with Crippen molar-refractivity contribution in [1.29, 1.82) is 0 Å². The van der Waals surface area contributed by atoms with Crippen LogP contribution in [0.2, 0.25) is 0 Å². The summed E-state index contributed by atoms with van der Waals surface area (Å²) >= 11 is 3.22. The third kappa shape index (κ3) is 18.4. The molecule has 6 aromatic rings. The molecule has 0 heterocycles. The van der Waals surface area contributed by atoms with E-state index in [0.717, 1.165) is 36.4 Å². The van der Waals surface area contributed by atoms with Gasteiger partial charge in [-0.1, -0.05) is 113 Å². The number of amides is 2. The minimum Gasteiger partial charge on any atom is -0.506 e. The first-order valence-corrected chi connectivity index (χ1v) is 22.4. The highest BCUT2D eigenvalue weighted by Gasteiger charge is 2.13. The number of alkyl halides is 1. The molecular weight excluding hydrogens is 888 g/mol. The number of carbonyl (C=O) groups is 2. The zero-order chi connectivity index (χ0) is 46.8. The zero-order valence-corrected chi connectivity index (χ0v) is 38.9. The summed E-state index contributed by atoms with van der Waals surface area (Å²) in [6, 6.07) is 46.9. The first kappa shape index (κ1) is 51.4. The number of aromatic hydroxyl groups is 1. The molecule has 0 unspecified atom stereocenters. The largest absolute Gasteiger partial charge is 0.506 e. The second-order valence-electron chi connectivity index (χ2n) is 15.2. The van der Waals surface area contributed by atoms with Gasteiger partial charge in [0.25, 0.3) is 0 Å². The van der Waals surface area contributed by atoms with Crippen LogP contribution in [0, 0.1) is 0 Å². The molecule has 6 rings (SSSR count). The maximum atomic E-state index is 10.7. The summed E-state index contributed by atoms with van der Waals surface area (Å²) in [6.07, 6.45) is 1.56. The lowest BCUT2D eigenvalue weighted by Crippen LogP contribution is -2.32. The Balaban J connectivity index is 0.000000216. The maximum absolute atomic E-state index is 10.7. The Hall–Kier alpha value is -6.22. The molecule has 0 radical (unpaired) electrons. The predicted octanol–water partition coefficient (Wildman–Crippen LogP) is 8.90. The Morgan fingerprint density at radius 1 is 0.585 bits per heavy atom. The Labute approximate surface area is 391 Å². The van der Waals surface area contributed by atoms with Gasteiger partial charge in [-0.25, -0.2) is 0 Å². The Morgan fingerprint density at radius 3 is 1.62 bits per heavy atom. The molecule has 0 spiro atoms. The van der Waals surface area contributed by atoms with Crippen molar-refractivity contribution in [2.24, 2.45) is 0 Å². The molecule has 0 aliphatic heterocycles. The van der Waals surface area contributed by atoms with E-state index in [2.05, 4.69) is 80.5 Å². The van der Waals surface area contributed by atoms with Crippen molar-refractivity contribution in [3.05, 3.63) is 179 Å². The number of nitrogens with one attached hydrogen (secondary N) is 4. The van der Waals surface area contributed by atoms with Gasteiger partial charge in [-0.3, -0.25) is 9.59 Å². The van der Waals surface area contributed by atoms with Gasteiger partial charge >= 0.3 is 0 Å². The minimum absolute atomic E-state index is 0.0381. The quantitative estimate of drug-likeness (QED) is 0.0198. The SMILES string of the molecule is COc1ccc(C[C@@H](C)NC[C@H](O)c2ccc(O)c(NC=O)c2)cc1.COc1ccc(C[C@@H](C)NCc2ccccc2)cc1.O=CNc1cc([C@@H](O)CBr)ccc1OCc1ccccc1. The number of carbonyl (C=O) groups excluding carboxylic acids is 2. The van der Waals surface area contributed by atoms with Gasteiger partial charge in [-0.2, -0.15) is 0 Å². The number of ether oxygens (including phenoxy) is 3. The molecule has 7 N–H and O–H groups in total. The molecule has 65 heavy (non-hydrogen) atoms. The number of phenols is 1. The molecule has 0 bridgehead atoms. The van der Waals surface area contributed by atoms with Crippen LogP contribution >= 0.6 is 15.9 Å². The van der Waals surface area contributed by atoms with Crippen LogP contribution in [0.4, 0.5) is 11.4 Å². The lowest BCUT2D eigenvalue weighted by Gasteiger charge is -2.18. The van der Waals surface area contributed by atoms with Gasteiger partial charge in [-0.05, 0) is 109 Å². The second-order valence-corrected chi connectivity index (χ2v) is 15.8. The number of aliphatic hydroxyl groups excluding tert-OH is 2. The minimum atomic E-state index is -0.744. The van der Waals surface area contributed by atoms with E-state index in [1.165, 1.54) is 22.8 Å². The normalized spacial score (nSPS) is 12.4. The number of benzene rings is 6. The van der Waals surface area contributed by atoms with E-state index in [1.54, 1.807) is 44.6 Å². The summed E-state index contributed by atoms with van der Waals surface area (Å²) in [5.41, 5.74) is 7.01. The van der Waals surface area contributed by atoms with Gasteiger partial charge in [0.05, 0.1) is 37.8 Å². The fraction of sp³-hybridized carbons (Fsp3) is 0.269. The van der Waals surface area contributed by atoms with Gasteiger partial charge in [0.2, 0.25) is 12.8 Å². The van der Waals surface area contributed by atoms with Crippen LogP contribution in [0.5, 0.6) is 23.0 Å². The molecule has 12 nitrogen and oxygen atoms in total. The molecule has 0 aromatic heterocycles. The molecule has 0 saturated heterocycles. The summed E-state index contributed by atoms with van der Waals surface area (Å²) in [6.45, 7) is 5.95. The first-order chi connectivity index (χ1) is 31.5. The van der Waals surface area contributed by atoms with Crippen molar-refractivity contribution < 1.29 is 39.1 Å². The third-order valence-electron chi connectivity index (χ3n) is 10.2. The van der Waals surface area contributed by atoms with Crippen molar-refractivity contribution >= 4 is 40.1 Å². The van der Waals surface area contributed by atoms with Gasteiger partial charge in [0.15, 0.2) is 0 Å². The Kier molecular flexibility index (Phi) is 22.6. The topological polar surface area (TPSA) is 171 Å². The lowest BCUT2D eigenvalue weighted by molar-refractivity contribution is -0.106. The van der Waals surface area contributed by atoms with E-state index in [-0.39, 0.29) is 17.5 Å². The van der Waals surface area contributed by atoms with Crippen LogP contribution in [-0.4, -0.2) is 66.3 Å². The number of anilines is 2. The summed E-state index contributed by atoms with van der Waals surface area (Å²) < 4.78 is 16.0. The van der Waals surface area contributed by atoms with Gasteiger partial charge in [0.1, 0.15) is 29.6 Å². The van der Waals surface area contributed by atoms with Crippen LogP contribution < -0.4 is 35.5 Å². The highest BCUT2D eigenvalue weighted by Crippen LogP contribution is 2.30. The van der Waals surface area contributed by atoms with E-state index >= 15 is 0 Å². The first-order valence-electron chi connectivity index (χ1n) is 21.3. The number of methoxy groups -OCH3 is 2. The highest BCUT2D eigenvalue weighted by molar-refractivity contribution is 9.09.